The van der Waals surface area contributed by atoms with Gasteiger partial charge in [-0.15, -0.1) is 0 Å². The number of hydrogen-bond donors (Lipinski definition) is 3. The fraction of sp³-hybridized carbons (Fsp3) is 0.500. The zero-order valence-electron chi connectivity index (χ0n) is 12.4. The van der Waals surface area contributed by atoms with Gasteiger partial charge in [-0.25, -0.2) is 13.6 Å². The third kappa shape index (κ3) is 5.51. The lowest BCUT2D eigenvalue weighted by atomic mass is 10.0. The normalized spacial score (nSPS) is 14.4. The van der Waals surface area contributed by atoms with Gasteiger partial charge in [0.1, 0.15) is 29.4 Å². The SMILES string of the molecule is CC(C)(C)OC(=O)NCC(O)C(O)c1c(F)cc(F)cc1Br. The highest BCUT2D eigenvalue weighted by atomic mass is 79.9. The van der Waals surface area contributed by atoms with Gasteiger partial charge < -0.3 is 20.3 Å². The van der Waals surface area contributed by atoms with Gasteiger partial charge in [-0.2, -0.15) is 0 Å². The quantitative estimate of drug-likeness (QED) is 0.748. The van der Waals surface area contributed by atoms with Crippen molar-refractivity contribution in [3.63, 3.8) is 0 Å². The van der Waals surface area contributed by atoms with Crippen molar-refractivity contribution in [2.45, 2.75) is 38.6 Å². The van der Waals surface area contributed by atoms with E-state index < -0.39 is 35.5 Å². The van der Waals surface area contributed by atoms with Crippen molar-refractivity contribution in [2.75, 3.05) is 6.54 Å². The summed E-state index contributed by atoms with van der Waals surface area (Å²) in [6.07, 6.45) is -3.92. The third-order valence-electron chi connectivity index (χ3n) is 2.56. The van der Waals surface area contributed by atoms with Crippen LogP contribution in [0.5, 0.6) is 0 Å². The van der Waals surface area contributed by atoms with E-state index in [2.05, 4.69) is 21.2 Å². The van der Waals surface area contributed by atoms with Crippen molar-refractivity contribution < 1.29 is 28.5 Å². The molecule has 8 heteroatoms. The Bertz CT molecular complexity index is 525. The molecule has 124 valence electrons. The summed E-state index contributed by atoms with van der Waals surface area (Å²) in [4.78, 5) is 11.4. The summed E-state index contributed by atoms with van der Waals surface area (Å²) >= 11 is 2.92. The maximum Gasteiger partial charge on any atom is 0.407 e. The van der Waals surface area contributed by atoms with Crippen molar-refractivity contribution in [1.29, 1.82) is 0 Å². The van der Waals surface area contributed by atoms with E-state index in [1.165, 1.54) is 0 Å². The second-order valence-electron chi connectivity index (χ2n) is 5.68. The highest BCUT2D eigenvalue weighted by Gasteiger charge is 2.26. The molecule has 0 aliphatic rings. The molecule has 0 heterocycles. The first-order chi connectivity index (χ1) is 10.0. The van der Waals surface area contributed by atoms with E-state index in [1.54, 1.807) is 20.8 Å². The van der Waals surface area contributed by atoms with Gasteiger partial charge in [-0.05, 0) is 26.8 Å². The molecule has 1 aromatic carbocycles. The number of amides is 1. The van der Waals surface area contributed by atoms with Crippen molar-refractivity contribution in [3.05, 3.63) is 33.8 Å². The van der Waals surface area contributed by atoms with Crippen LogP contribution in [0, 0.1) is 11.6 Å². The number of halogens is 3. The maximum atomic E-state index is 13.7. The van der Waals surface area contributed by atoms with Crippen LogP contribution >= 0.6 is 15.9 Å². The average Bonchev–Trinajstić information content (AvgIpc) is 2.32. The van der Waals surface area contributed by atoms with Gasteiger partial charge in [-0.1, -0.05) is 15.9 Å². The molecule has 1 aromatic rings. The van der Waals surface area contributed by atoms with Gasteiger partial charge in [0.05, 0.1) is 0 Å². The standard InChI is InChI=1S/C14H18BrF2NO4/c1-14(2,3)22-13(21)18-6-10(19)12(20)11-8(15)4-7(16)5-9(11)17/h4-5,10,12,19-20H,6H2,1-3H3,(H,18,21). The topological polar surface area (TPSA) is 78.8 Å². The predicted molar refractivity (Wildman–Crippen MR) is 79.3 cm³/mol. The van der Waals surface area contributed by atoms with Crippen LogP contribution in [0.15, 0.2) is 16.6 Å². The maximum absolute atomic E-state index is 13.7. The lowest BCUT2D eigenvalue weighted by Gasteiger charge is -2.23. The Balaban J connectivity index is 2.70. The van der Waals surface area contributed by atoms with Gasteiger partial charge in [0.25, 0.3) is 0 Å². The summed E-state index contributed by atoms with van der Waals surface area (Å²) in [5.41, 5.74) is -1.00. The van der Waals surface area contributed by atoms with E-state index in [9.17, 15) is 23.8 Å². The molecule has 0 aliphatic carbocycles. The van der Waals surface area contributed by atoms with Gasteiger partial charge in [-0.3, -0.25) is 0 Å². The molecule has 22 heavy (non-hydrogen) atoms. The molecular formula is C14H18BrF2NO4. The molecule has 0 bridgehead atoms. The number of ether oxygens (including phenoxy) is 1. The number of carbonyl (C=O) groups is 1. The first-order valence-electron chi connectivity index (χ1n) is 6.48. The van der Waals surface area contributed by atoms with E-state index in [0.29, 0.717) is 6.07 Å². The van der Waals surface area contributed by atoms with E-state index in [1.807, 2.05) is 0 Å². The van der Waals surface area contributed by atoms with E-state index in [-0.39, 0.29) is 16.6 Å². The summed E-state index contributed by atoms with van der Waals surface area (Å²) in [6.45, 7) is 4.65. The Hall–Kier alpha value is -1.25. The van der Waals surface area contributed by atoms with Crippen molar-refractivity contribution in [2.24, 2.45) is 0 Å². The lowest BCUT2D eigenvalue weighted by molar-refractivity contribution is 0.0109. The Morgan fingerprint density at radius 1 is 1.36 bits per heavy atom. The fourth-order valence-corrected chi connectivity index (χ4v) is 2.28. The van der Waals surface area contributed by atoms with Crippen LogP contribution in [-0.2, 0) is 4.74 Å². The zero-order chi connectivity index (χ0) is 17.1. The second kappa shape index (κ2) is 7.34. The predicted octanol–water partition coefficient (Wildman–Crippen LogP) is 2.65. The number of alkyl carbamates (subject to hydrolysis) is 1. The van der Waals surface area contributed by atoms with Crippen molar-refractivity contribution in [3.8, 4) is 0 Å². The molecule has 0 aromatic heterocycles. The molecule has 0 saturated heterocycles. The van der Waals surface area contributed by atoms with Gasteiger partial charge in [0, 0.05) is 22.6 Å². The Morgan fingerprint density at radius 3 is 2.45 bits per heavy atom. The molecule has 0 saturated carbocycles. The van der Waals surface area contributed by atoms with Gasteiger partial charge >= 0.3 is 6.09 Å². The number of hydrogen-bond acceptors (Lipinski definition) is 4. The molecule has 0 fully saturated rings. The molecule has 3 N–H and O–H groups in total. The number of aliphatic hydroxyl groups excluding tert-OH is 2. The van der Waals surface area contributed by atoms with E-state index in [4.69, 9.17) is 4.74 Å². The number of nitrogens with one attached hydrogen (secondary N) is 1. The summed E-state index contributed by atoms with van der Waals surface area (Å²) in [6, 6.07) is 1.56. The molecule has 0 spiro atoms. The molecule has 2 atom stereocenters. The molecule has 0 aliphatic heterocycles. The van der Waals surface area contributed by atoms with Crippen LogP contribution in [-0.4, -0.2) is 34.6 Å². The second-order valence-corrected chi connectivity index (χ2v) is 6.53. The van der Waals surface area contributed by atoms with Crippen LogP contribution in [0.2, 0.25) is 0 Å². The van der Waals surface area contributed by atoms with Gasteiger partial charge in [0.2, 0.25) is 0 Å². The highest BCUT2D eigenvalue weighted by Crippen LogP contribution is 2.29. The molecular weight excluding hydrogens is 364 g/mol. The van der Waals surface area contributed by atoms with E-state index >= 15 is 0 Å². The number of carbonyl (C=O) groups excluding carboxylic acids is 1. The van der Waals surface area contributed by atoms with Crippen molar-refractivity contribution >= 4 is 22.0 Å². The number of rotatable bonds is 4. The highest BCUT2D eigenvalue weighted by molar-refractivity contribution is 9.10. The monoisotopic (exact) mass is 381 g/mol. The molecule has 5 nitrogen and oxygen atoms in total. The van der Waals surface area contributed by atoms with Crippen LogP contribution in [0.4, 0.5) is 13.6 Å². The van der Waals surface area contributed by atoms with Gasteiger partial charge in [0.15, 0.2) is 0 Å². The largest absolute Gasteiger partial charge is 0.444 e. The first-order valence-corrected chi connectivity index (χ1v) is 7.28. The van der Waals surface area contributed by atoms with Crippen LogP contribution in [0.1, 0.15) is 32.4 Å². The summed E-state index contributed by atoms with van der Waals surface area (Å²) in [5.74, 6) is -1.82. The van der Waals surface area contributed by atoms with Crippen LogP contribution in [0.3, 0.4) is 0 Å². The smallest absolute Gasteiger partial charge is 0.407 e. The minimum atomic E-state index is -1.65. The Morgan fingerprint density at radius 2 is 1.95 bits per heavy atom. The van der Waals surface area contributed by atoms with Crippen molar-refractivity contribution in [1.82, 2.24) is 5.32 Å². The molecule has 1 amide bonds. The van der Waals surface area contributed by atoms with Crippen LogP contribution in [0.25, 0.3) is 0 Å². The first kappa shape index (κ1) is 18.8. The zero-order valence-corrected chi connectivity index (χ0v) is 13.9. The average molecular weight is 382 g/mol. The minimum absolute atomic E-state index is 0.0196. The minimum Gasteiger partial charge on any atom is -0.444 e. The van der Waals surface area contributed by atoms with E-state index in [0.717, 1.165) is 6.07 Å². The molecule has 2 unspecified atom stereocenters. The summed E-state index contributed by atoms with van der Waals surface area (Å²) < 4.78 is 31.6. The Labute approximate surface area is 135 Å². The summed E-state index contributed by atoms with van der Waals surface area (Å²) in [7, 11) is 0. The third-order valence-corrected chi connectivity index (χ3v) is 3.21. The number of benzene rings is 1. The molecule has 0 radical (unpaired) electrons. The number of aliphatic hydroxyl groups is 2. The lowest BCUT2D eigenvalue weighted by Crippen LogP contribution is -2.39. The fourth-order valence-electron chi connectivity index (χ4n) is 1.64. The molecule has 1 rings (SSSR count). The Kier molecular flexibility index (Phi) is 6.27. The summed E-state index contributed by atoms with van der Waals surface area (Å²) in [5, 5.41) is 22.0. The van der Waals surface area contributed by atoms with Crippen LogP contribution < -0.4 is 5.32 Å².